The number of ether oxygens (including phenoxy) is 1. The lowest BCUT2D eigenvalue weighted by atomic mass is 9.68. The fraction of sp³-hybridized carbons (Fsp3) is 0.559. The summed E-state index contributed by atoms with van der Waals surface area (Å²) in [5, 5.41) is 12.4. The molecule has 7 rings (SSSR count). The maximum absolute atomic E-state index is 13.5. The van der Waals surface area contributed by atoms with Crippen LogP contribution in [0.15, 0.2) is 48.6 Å². The van der Waals surface area contributed by atoms with Crippen molar-refractivity contribution in [2.45, 2.75) is 81.0 Å². The van der Waals surface area contributed by atoms with Crippen molar-refractivity contribution in [2.75, 3.05) is 24.6 Å². The van der Waals surface area contributed by atoms with Crippen molar-refractivity contribution in [3.05, 3.63) is 70.3 Å². The van der Waals surface area contributed by atoms with Gasteiger partial charge in [-0.2, -0.15) is 0 Å². The number of hydrogen-bond donors (Lipinski definition) is 2. The van der Waals surface area contributed by atoms with Crippen LogP contribution in [0.3, 0.4) is 0 Å². The van der Waals surface area contributed by atoms with Crippen molar-refractivity contribution in [1.29, 1.82) is 0 Å². The number of benzene rings is 2. The molecule has 1 amide bonds. The molecular weight excluding hydrogens is 552 g/mol. The third-order valence-corrected chi connectivity index (χ3v) is 12.0. The van der Waals surface area contributed by atoms with Gasteiger partial charge in [0.25, 0.3) is 5.91 Å². The van der Waals surface area contributed by atoms with Gasteiger partial charge in [-0.3, -0.25) is 9.52 Å². The maximum atomic E-state index is 13.5. The van der Waals surface area contributed by atoms with Crippen LogP contribution in [-0.4, -0.2) is 42.1 Å². The quantitative estimate of drug-likeness (QED) is 0.252. The first-order valence-corrected chi connectivity index (χ1v) is 16.9. The fourth-order valence-corrected chi connectivity index (χ4v) is 9.43. The van der Waals surface area contributed by atoms with Crippen LogP contribution in [0.1, 0.15) is 79.3 Å². The van der Waals surface area contributed by atoms with Crippen molar-refractivity contribution in [1.82, 2.24) is 4.72 Å². The summed E-state index contributed by atoms with van der Waals surface area (Å²) >= 11 is 8.02. The average molecular weight is 593 g/mol. The van der Waals surface area contributed by atoms with Gasteiger partial charge in [0.1, 0.15) is 5.75 Å². The van der Waals surface area contributed by atoms with Gasteiger partial charge in [-0.05, 0) is 123 Å². The smallest absolute Gasteiger partial charge is 0.261 e. The van der Waals surface area contributed by atoms with Crippen molar-refractivity contribution in [3.63, 3.8) is 0 Å². The van der Waals surface area contributed by atoms with Gasteiger partial charge < -0.3 is 14.7 Å². The Labute approximate surface area is 253 Å². The van der Waals surface area contributed by atoms with E-state index in [0.29, 0.717) is 29.3 Å². The van der Waals surface area contributed by atoms with Crippen LogP contribution in [0.25, 0.3) is 0 Å². The van der Waals surface area contributed by atoms with E-state index in [2.05, 4.69) is 33.9 Å². The summed E-state index contributed by atoms with van der Waals surface area (Å²) in [4.78, 5) is 15.9. The predicted octanol–water partition coefficient (Wildman–Crippen LogP) is 7.10. The lowest BCUT2D eigenvalue weighted by Crippen LogP contribution is -2.49. The molecule has 2 N–H and O–H groups in total. The van der Waals surface area contributed by atoms with Crippen LogP contribution < -0.4 is 14.4 Å². The van der Waals surface area contributed by atoms with Gasteiger partial charge in [-0.1, -0.05) is 42.7 Å². The number of aryl methyl sites for hydroxylation is 1. The zero-order valence-corrected chi connectivity index (χ0v) is 25.3. The molecule has 1 spiro atoms. The second-order valence-electron chi connectivity index (χ2n) is 13.1. The van der Waals surface area contributed by atoms with E-state index in [1.54, 1.807) is 11.9 Å². The monoisotopic (exact) mass is 592 g/mol. The molecule has 2 aliphatic heterocycles. The molecule has 218 valence electrons. The summed E-state index contributed by atoms with van der Waals surface area (Å²) < 4.78 is 9.83. The van der Waals surface area contributed by atoms with Crippen molar-refractivity contribution < 1.29 is 14.6 Å². The van der Waals surface area contributed by atoms with Crippen LogP contribution >= 0.6 is 23.5 Å². The third kappa shape index (κ3) is 5.41. The molecule has 0 aromatic heterocycles. The minimum absolute atomic E-state index is 0.0294. The maximum Gasteiger partial charge on any atom is 0.261 e. The Morgan fingerprint density at radius 1 is 1.05 bits per heavy atom. The largest absolute Gasteiger partial charge is 0.490 e. The molecule has 2 heterocycles. The van der Waals surface area contributed by atoms with E-state index in [1.807, 2.05) is 24.3 Å². The van der Waals surface area contributed by atoms with Gasteiger partial charge in [0.15, 0.2) is 0 Å². The molecule has 2 bridgehead atoms. The topological polar surface area (TPSA) is 61.8 Å². The molecule has 0 saturated heterocycles. The van der Waals surface area contributed by atoms with Crippen LogP contribution in [0.2, 0.25) is 5.02 Å². The summed E-state index contributed by atoms with van der Waals surface area (Å²) in [5.41, 5.74) is 4.20. The molecule has 41 heavy (non-hydrogen) atoms. The Bertz CT molecular complexity index is 1330. The first-order chi connectivity index (χ1) is 20.0. The summed E-state index contributed by atoms with van der Waals surface area (Å²) in [7, 11) is 0. The van der Waals surface area contributed by atoms with Gasteiger partial charge >= 0.3 is 0 Å². The van der Waals surface area contributed by atoms with Gasteiger partial charge in [-0.25, -0.2) is 0 Å². The Morgan fingerprint density at radius 3 is 2.83 bits per heavy atom. The normalized spacial score (nSPS) is 34.1. The number of anilines is 1. The molecule has 0 radical (unpaired) electrons. The number of aliphatic hydroxyl groups excluding tert-OH is 1. The molecule has 3 aliphatic carbocycles. The van der Waals surface area contributed by atoms with Crippen LogP contribution in [-0.2, 0) is 11.8 Å². The number of nitrogens with zero attached hydrogens (tertiary/aromatic N) is 1. The predicted molar refractivity (Wildman–Crippen MR) is 167 cm³/mol. The summed E-state index contributed by atoms with van der Waals surface area (Å²) in [6, 6.07) is 12.3. The molecular formula is C34H41ClN2O3S. The van der Waals surface area contributed by atoms with Crippen molar-refractivity contribution in [3.8, 4) is 5.75 Å². The Kier molecular flexibility index (Phi) is 7.76. The molecule has 5 nitrogen and oxygen atoms in total. The number of amides is 1. The first kappa shape index (κ1) is 27.7. The second-order valence-corrected chi connectivity index (χ2v) is 14.6. The number of allylic oxidation sites excluding steroid dienone is 1. The van der Waals surface area contributed by atoms with E-state index in [-0.39, 0.29) is 17.2 Å². The molecule has 2 aromatic carbocycles. The standard InChI is InChI=1S/C34H41ClN2O3S/c35-26-12-14-28-23(17-26)7-4-16-34(28)20-37-19-25-10-13-27(25)30(38)8-3-6-22-5-1-2-9-32(22)41-36-33(39)24-11-15-31(40-21-34)29(37)18-24/h3,8,11-12,14-15,17-18,22,25,27,30,32,38H,1-2,4-7,9-10,13,16,19-21H2,(H,36,39)/b8-3+/t22-,25-,27+,30-,32+,34-/m0/s1. The molecule has 6 atom stereocenters. The number of carbonyl (C=O) groups is 1. The zero-order chi connectivity index (χ0) is 28.0. The average Bonchev–Trinajstić information content (AvgIpc) is 3.11. The van der Waals surface area contributed by atoms with Crippen LogP contribution in [0.5, 0.6) is 5.75 Å². The van der Waals surface area contributed by atoms with Gasteiger partial charge in [0, 0.05) is 34.3 Å². The molecule has 0 unspecified atom stereocenters. The van der Waals surface area contributed by atoms with Gasteiger partial charge in [0.05, 0.1) is 18.4 Å². The number of carbonyl (C=O) groups excluding carboxylic acids is 1. The second kappa shape index (κ2) is 11.5. The molecule has 5 aliphatic rings. The third-order valence-electron chi connectivity index (χ3n) is 10.6. The highest BCUT2D eigenvalue weighted by Gasteiger charge is 2.44. The Hall–Kier alpha value is -2.15. The lowest BCUT2D eigenvalue weighted by molar-refractivity contribution is 0.0455. The van der Waals surface area contributed by atoms with Gasteiger partial charge in [0.2, 0.25) is 0 Å². The number of rotatable bonds is 0. The summed E-state index contributed by atoms with van der Waals surface area (Å²) in [5.74, 6) is 2.01. The fourth-order valence-electron chi connectivity index (χ4n) is 8.13. The van der Waals surface area contributed by atoms with E-state index in [0.717, 1.165) is 74.5 Å². The van der Waals surface area contributed by atoms with E-state index in [1.165, 1.54) is 30.4 Å². The zero-order valence-electron chi connectivity index (χ0n) is 23.7. The molecule has 2 fully saturated rings. The van der Waals surface area contributed by atoms with E-state index in [9.17, 15) is 9.90 Å². The molecule has 2 aromatic rings. The highest BCUT2D eigenvalue weighted by Crippen LogP contribution is 2.47. The van der Waals surface area contributed by atoms with Crippen LogP contribution in [0.4, 0.5) is 5.69 Å². The minimum Gasteiger partial charge on any atom is -0.490 e. The summed E-state index contributed by atoms with van der Waals surface area (Å²) in [6.45, 7) is 2.28. The van der Waals surface area contributed by atoms with E-state index >= 15 is 0 Å². The number of fused-ring (bicyclic) bond motifs is 5. The summed E-state index contributed by atoms with van der Waals surface area (Å²) in [6.07, 6.45) is 15.0. The number of aliphatic hydroxyl groups is 1. The number of nitrogens with one attached hydrogen (secondary N) is 1. The lowest BCUT2D eigenvalue weighted by Gasteiger charge is -2.45. The Balaban J connectivity index is 1.25. The molecule has 2 saturated carbocycles. The van der Waals surface area contributed by atoms with Crippen molar-refractivity contribution in [2.24, 2.45) is 17.8 Å². The molecule has 7 heteroatoms. The number of hydrogen-bond acceptors (Lipinski definition) is 5. The minimum atomic E-state index is -0.406. The first-order valence-electron chi connectivity index (χ1n) is 15.6. The van der Waals surface area contributed by atoms with Crippen molar-refractivity contribution >= 4 is 35.1 Å². The van der Waals surface area contributed by atoms with Gasteiger partial charge in [-0.15, -0.1) is 0 Å². The number of halogens is 1. The van der Waals surface area contributed by atoms with Crippen LogP contribution in [0, 0.1) is 17.8 Å². The SMILES string of the molecule is O=C1NS[C@@H]2CCCC[C@H]2C/C=C/[C@H](O)[C@@H]2CC[C@H]2CN2C[C@@]3(CCCc4cc(Cl)ccc43)COc3ccc1cc32. The van der Waals surface area contributed by atoms with E-state index < -0.39 is 6.10 Å². The van der Waals surface area contributed by atoms with E-state index in [4.69, 9.17) is 16.3 Å². The Morgan fingerprint density at radius 2 is 1.95 bits per heavy atom. The highest BCUT2D eigenvalue weighted by atomic mass is 35.5. The highest BCUT2D eigenvalue weighted by molar-refractivity contribution is 7.98.